The van der Waals surface area contributed by atoms with Gasteiger partial charge in [0.25, 0.3) is 0 Å². The summed E-state index contributed by atoms with van der Waals surface area (Å²) in [5.74, 6) is 0.821. The second kappa shape index (κ2) is 5.40. The van der Waals surface area contributed by atoms with E-state index in [9.17, 15) is 4.39 Å². The summed E-state index contributed by atoms with van der Waals surface area (Å²) in [6.45, 7) is 1.68. The number of aromatic nitrogens is 2. The van der Waals surface area contributed by atoms with E-state index in [0.29, 0.717) is 11.7 Å². The molecule has 1 aromatic heterocycles. The Morgan fingerprint density at radius 1 is 1.41 bits per heavy atom. The number of nitrogens with zero attached hydrogens (tertiary/aromatic N) is 4. The molecule has 0 aromatic carbocycles. The molecule has 1 aliphatic heterocycles. The van der Waals surface area contributed by atoms with Crippen molar-refractivity contribution in [2.45, 2.75) is 25.6 Å². The van der Waals surface area contributed by atoms with Crippen LogP contribution in [0, 0.1) is 0 Å². The maximum absolute atomic E-state index is 12.5. The van der Waals surface area contributed by atoms with Crippen LogP contribution >= 0.6 is 0 Å². The van der Waals surface area contributed by atoms with Crippen molar-refractivity contribution >= 4 is 5.82 Å². The van der Waals surface area contributed by atoms with Crippen LogP contribution in [0.1, 0.15) is 18.5 Å². The smallest absolute Gasteiger partial charge is 0.132 e. The molecule has 0 bridgehead atoms. The van der Waals surface area contributed by atoms with Gasteiger partial charge in [0.1, 0.15) is 18.8 Å². The molecule has 0 radical (unpaired) electrons. The molecule has 5 heteroatoms. The summed E-state index contributed by atoms with van der Waals surface area (Å²) in [5, 5.41) is 0. The Labute approximate surface area is 101 Å². The Morgan fingerprint density at radius 2 is 2.12 bits per heavy atom. The van der Waals surface area contributed by atoms with Gasteiger partial charge in [0.15, 0.2) is 0 Å². The first-order valence-electron chi connectivity index (χ1n) is 5.99. The van der Waals surface area contributed by atoms with Crippen LogP contribution in [0.5, 0.6) is 0 Å². The molecule has 1 aromatic rings. The topological polar surface area (TPSA) is 32.3 Å². The largest absolute Gasteiger partial charge is 0.356 e. The number of piperidine rings is 1. The number of alkyl halides is 1. The van der Waals surface area contributed by atoms with Gasteiger partial charge >= 0.3 is 0 Å². The molecule has 94 valence electrons. The molecular formula is C12H19FN4. The molecule has 1 aliphatic rings. The predicted octanol–water partition coefficient (Wildman–Crippen LogP) is 1.48. The number of likely N-dealkylation sites (tertiary alicyclic amines) is 1. The quantitative estimate of drug-likeness (QED) is 0.798. The van der Waals surface area contributed by atoms with Crippen molar-refractivity contribution in [3.05, 3.63) is 18.1 Å². The number of hydrogen-bond acceptors (Lipinski definition) is 4. The van der Waals surface area contributed by atoms with Crippen LogP contribution < -0.4 is 4.90 Å². The monoisotopic (exact) mass is 238 g/mol. The molecule has 0 amide bonds. The van der Waals surface area contributed by atoms with Crippen LogP contribution in [0.25, 0.3) is 0 Å². The summed E-state index contributed by atoms with van der Waals surface area (Å²) >= 11 is 0. The Morgan fingerprint density at radius 3 is 2.76 bits per heavy atom. The van der Waals surface area contributed by atoms with E-state index in [1.54, 1.807) is 6.07 Å². The molecule has 0 unspecified atom stereocenters. The van der Waals surface area contributed by atoms with E-state index in [1.165, 1.54) is 6.33 Å². The molecule has 0 atom stereocenters. The van der Waals surface area contributed by atoms with Gasteiger partial charge in [-0.3, -0.25) is 0 Å². The Kier molecular flexibility index (Phi) is 3.89. The van der Waals surface area contributed by atoms with Crippen LogP contribution in [-0.2, 0) is 6.67 Å². The van der Waals surface area contributed by atoms with Crippen molar-refractivity contribution < 1.29 is 4.39 Å². The summed E-state index contributed by atoms with van der Waals surface area (Å²) in [6, 6.07) is 2.23. The Balaban J connectivity index is 2.05. The number of anilines is 1. The third-order valence-electron chi connectivity index (χ3n) is 3.44. The minimum atomic E-state index is -0.531. The van der Waals surface area contributed by atoms with Crippen molar-refractivity contribution in [1.29, 1.82) is 0 Å². The van der Waals surface area contributed by atoms with Gasteiger partial charge in [-0.2, -0.15) is 0 Å². The van der Waals surface area contributed by atoms with Gasteiger partial charge in [-0.1, -0.05) is 0 Å². The van der Waals surface area contributed by atoms with Gasteiger partial charge in [-0.05, 0) is 33.0 Å². The molecule has 2 heterocycles. The highest BCUT2D eigenvalue weighted by Crippen LogP contribution is 2.20. The first-order valence-corrected chi connectivity index (χ1v) is 5.99. The van der Waals surface area contributed by atoms with E-state index in [0.717, 1.165) is 31.7 Å². The van der Waals surface area contributed by atoms with Gasteiger partial charge in [0, 0.05) is 19.2 Å². The Bertz CT molecular complexity index is 363. The van der Waals surface area contributed by atoms with Crippen LogP contribution in [-0.4, -0.2) is 48.1 Å². The van der Waals surface area contributed by atoms with Crippen molar-refractivity contribution in [2.75, 3.05) is 32.1 Å². The highest BCUT2D eigenvalue weighted by atomic mass is 19.1. The second-order valence-electron chi connectivity index (χ2n) is 4.65. The summed E-state index contributed by atoms with van der Waals surface area (Å²) in [6.07, 6.45) is 3.69. The lowest BCUT2D eigenvalue weighted by atomic mass is 10.0. The summed E-state index contributed by atoms with van der Waals surface area (Å²) < 4.78 is 12.5. The SMILES string of the molecule is CN1CCC(N(C)c2cc(CF)ncn2)CC1. The van der Waals surface area contributed by atoms with Crippen LogP contribution in [0.15, 0.2) is 12.4 Å². The third-order valence-corrected chi connectivity index (χ3v) is 3.44. The molecule has 0 saturated carbocycles. The van der Waals surface area contributed by atoms with Gasteiger partial charge in [0.2, 0.25) is 0 Å². The number of rotatable bonds is 3. The van der Waals surface area contributed by atoms with E-state index in [2.05, 4.69) is 26.8 Å². The van der Waals surface area contributed by atoms with E-state index >= 15 is 0 Å². The lowest BCUT2D eigenvalue weighted by Gasteiger charge is -2.35. The lowest BCUT2D eigenvalue weighted by Crippen LogP contribution is -2.42. The minimum absolute atomic E-state index is 0.453. The molecule has 1 saturated heterocycles. The molecule has 0 N–H and O–H groups in total. The normalized spacial score (nSPS) is 18.3. The Hall–Kier alpha value is -1.23. The zero-order valence-corrected chi connectivity index (χ0v) is 10.4. The molecule has 2 rings (SSSR count). The number of hydrogen-bond donors (Lipinski definition) is 0. The first-order chi connectivity index (χ1) is 8.20. The van der Waals surface area contributed by atoms with Crippen molar-refractivity contribution in [1.82, 2.24) is 14.9 Å². The van der Waals surface area contributed by atoms with Crippen LogP contribution in [0.3, 0.4) is 0 Å². The van der Waals surface area contributed by atoms with Gasteiger partial charge in [-0.25, -0.2) is 14.4 Å². The van der Waals surface area contributed by atoms with Crippen LogP contribution in [0.4, 0.5) is 10.2 Å². The fraction of sp³-hybridized carbons (Fsp3) is 0.667. The highest BCUT2D eigenvalue weighted by molar-refractivity contribution is 5.39. The van der Waals surface area contributed by atoms with E-state index < -0.39 is 6.67 Å². The van der Waals surface area contributed by atoms with Crippen molar-refractivity contribution in [3.8, 4) is 0 Å². The zero-order valence-electron chi connectivity index (χ0n) is 10.4. The molecular weight excluding hydrogens is 219 g/mol. The van der Waals surface area contributed by atoms with Crippen LogP contribution in [0.2, 0.25) is 0 Å². The summed E-state index contributed by atoms with van der Waals surface area (Å²) in [4.78, 5) is 12.6. The zero-order chi connectivity index (χ0) is 12.3. The van der Waals surface area contributed by atoms with Crippen molar-refractivity contribution in [3.63, 3.8) is 0 Å². The van der Waals surface area contributed by atoms with E-state index in [1.807, 2.05) is 7.05 Å². The average molecular weight is 238 g/mol. The lowest BCUT2D eigenvalue weighted by molar-refractivity contribution is 0.252. The molecule has 0 aliphatic carbocycles. The van der Waals surface area contributed by atoms with E-state index in [-0.39, 0.29) is 0 Å². The fourth-order valence-corrected chi connectivity index (χ4v) is 2.22. The minimum Gasteiger partial charge on any atom is -0.356 e. The first kappa shape index (κ1) is 12.2. The molecule has 4 nitrogen and oxygen atoms in total. The maximum atomic E-state index is 12.5. The fourth-order valence-electron chi connectivity index (χ4n) is 2.22. The maximum Gasteiger partial charge on any atom is 0.132 e. The van der Waals surface area contributed by atoms with Crippen molar-refractivity contribution in [2.24, 2.45) is 0 Å². The highest BCUT2D eigenvalue weighted by Gasteiger charge is 2.21. The summed E-state index contributed by atoms with van der Waals surface area (Å²) in [5.41, 5.74) is 0.453. The number of halogens is 1. The average Bonchev–Trinajstić information content (AvgIpc) is 2.39. The molecule has 0 spiro atoms. The molecule has 17 heavy (non-hydrogen) atoms. The summed E-state index contributed by atoms with van der Waals surface area (Å²) in [7, 11) is 4.17. The molecule has 1 fully saturated rings. The standard InChI is InChI=1S/C12H19FN4/c1-16-5-3-11(4-6-16)17(2)12-7-10(8-13)14-9-15-12/h7,9,11H,3-6,8H2,1-2H3. The van der Waals surface area contributed by atoms with Gasteiger partial charge in [-0.15, -0.1) is 0 Å². The predicted molar refractivity (Wildman–Crippen MR) is 65.8 cm³/mol. The van der Waals surface area contributed by atoms with E-state index in [4.69, 9.17) is 0 Å². The second-order valence-corrected chi connectivity index (χ2v) is 4.65. The van der Waals surface area contributed by atoms with Gasteiger partial charge in [0.05, 0.1) is 5.69 Å². The third kappa shape index (κ3) is 2.91. The van der Waals surface area contributed by atoms with Gasteiger partial charge < -0.3 is 9.80 Å².